The summed E-state index contributed by atoms with van der Waals surface area (Å²) in [5.74, 6) is 0.532. The minimum Gasteiger partial charge on any atom is -0.496 e. The van der Waals surface area contributed by atoms with Crippen molar-refractivity contribution in [3.63, 3.8) is 0 Å². The summed E-state index contributed by atoms with van der Waals surface area (Å²) in [5, 5.41) is 0. The van der Waals surface area contributed by atoms with E-state index in [1.807, 2.05) is 18.2 Å². The second kappa shape index (κ2) is 9.47. The van der Waals surface area contributed by atoms with Crippen molar-refractivity contribution in [3.8, 4) is 16.9 Å². The van der Waals surface area contributed by atoms with Crippen LogP contribution in [0.2, 0.25) is 0 Å². The maximum absolute atomic E-state index is 11.7. The lowest BCUT2D eigenvalue weighted by atomic mass is 10.00. The van der Waals surface area contributed by atoms with Gasteiger partial charge in [0.1, 0.15) is 10.6 Å². The van der Waals surface area contributed by atoms with Crippen molar-refractivity contribution in [2.75, 3.05) is 21.3 Å². The van der Waals surface area contributed by atoms with Crippen LogP contribution >= 0.6 is 0 Å². The van der Waals surface area contributed by atoms with Gasteiger partial charge in [-0.25, -0.2) is 0 Å². The molecular weight excluding hydrogens is 384 g/mol. The molecule has 6 nitrogen and oxygen atoms in total. The van der Waals surface area contributed by atoms with E-state index in [1.165, 1.54) is 13.2 Å². The Hall–Kier alpha value is -1.71. The first kappa shape index (κ1) is 21.6. The molecule has 0 fully saturated rings. The van der Waals surface area contributed by atoms with Crippen LogP contribution < -0.4 is 4.74 Å². The zero-order valence-corrected chi connectivity index (χ0v) is 18.0. The zero-order valence-electron chi connectivity index (χ0n) is 16.0. The summed E-state index contributed by atoms with van der Waals surface area (Å²) < 4.78 is 49.7. The lowest BCUT2D eigenvalue weighted by Crippen LogP contribution is -2.29. The molecule has 0 heterocycles. The molecule has 0 aliphatic heterocycles. The van der Waals surface area contributed by atoms with E-state index in [-0.39, 0.29) is 10.4 Å². The van der Waals surface area contributed by atoms with Crippen LogP contribution in [0.25, 0.3) is 11.1 Å². The minimum absolute atomic E-state index is 0.143. The summed E-state index contributed by atoms with van der Waals surface area (Å²) in [6.45, 7) is 2.11. The van der Waals surface area contributed by atoms with Crippen LogP contribution in [0.5, 0.6) is 5.75 Å². The van der Waals surface area contributed by atoms with E-state index in [9.17, 15) is 13.0 Å². The van der Waals surface area contributed by atoms with E-state index in [0.29, 0.717) is 16.9 Å². The summed E-state index contributed by atoms with van der Waals surface area (Å²) in [7, 11) is -1.39. The van der Waals surface area contributed by atoms with Crippen molar-refractivity contribution in [2.24, 2.45) is 0 Å². The number of hydrogen-bond donors (Lipinski definition) is 1. The van der Waals surface area contributed by atoms with E-state index >= 15 is 0 Å². The summed E-state index contributed by atoms with van der Waals surface area (Å²) >= 11 is 0. The first-order valence-electron chi connectivity index (χ1n) is 8.67. The van der Waals surface area contributed by atoms with Gasteiger partial charge in [0.15, 0.2) is 0 Å². The summed E-state index contributed by atoms with van der Waals surface area (Å²) in [5.41, 5.74) is 2.16. The molecule has 0 bridgehead atoms. The SMILES string of the molecule is CCCC(c1ccc(-c2ccccc2S(=O)(=O)O)c(OC)c1)[SiH](OC)OC. The Kier molecular flexibility index (Phi) is 7.57. The van der Waals surface area contributed by atoms with Gasteiger partial charge in [0, 0.05) is 30.9 Å². The molecule has 1 atom stereocenters. The van der Waals surface area contributed by atoms with Crippen molar-refractivity contribution in [1.29, 1.82) is 0 Å². The highest BCUT2D eigenvalue weighted by Crippen LogP contribution is 2.37. The zero-order chi connectivity index (χ0) is 20.0. The largest absolute Gasteiger partial charge is 0.496 e. The Labute approximate surface area is 162 Å². The second-order valence-electron chi connectivity index (χ2n) is 6.17. The number of methoxy groups -OCH3 is 1. The third-order valence-electron chi connectivity index (χ3n) is 4.50. The highest BCUT2D eigenvalue weighted by molar-refractivity contribution is 7.86. The van der Waals surface area contributed by atoms with Crippen molar-refractivity contribution in [3.05, 3.63) is 48.0 Å². The van der Waals surface area contributed by atoms with Crippen LogP contribution in [0.3, 0.4) is 0 Å². The van der Waals surface area contributed by atoms with E-state index in [1.54, 1.807) is 32.4 Å². The van der Waals surface area contributed by atoms with Gasteiger partial charge in [0.2, 0.25) is 0 Å². The number of rotatable bonds is 9. The highest BCUT2D eigenvalue weighted by atomic mass is 32.2. The maximum Gasteiger partial charge on any atom is 0.328 e. The predicted octanol–water partition coefficient (Wildman–Crippen LogP) is 3.55. The summed E-state index contributed by atoms with van der Waals surface area (Å²) in [6.07, 6.45) is 1.90. The number of hydrogen-bond acceptors (Lipinski definition) is 5. The fourth-order valence-corrected chi connectivity index (χ4v) is 5.95. The second-order valence-corrected chi connectivity index (χ2v) is 10.0. The van der Waals surface area contributed by atoms with Crippen LogP contribution in [0.1, 0.15) is 30.9 Å². The smallest absolute Gasteiger partial charge is 0.328 e. The fraction of sp³-hybridized carbons (Fsp3) is 0.368. The molecular formula is C19H26O6SSi. The van der Waals surface area contributed by atoms with Gasteiger partial charge in [0.25, 0.3) is 10.1 Å². The Bertz CT molecular complexity index is 864. The third-order valence-corrected chi connectivity index (χ3v) is 7.72. The van der Waals surface area contributed by atoms with Gasteiger partial charge in [-0.15, -0.1) is 0 Å². The molecule has 27 heavy (non-hydrogen) atoms. The van der Waals surface area contributed by atoms with Crippen LogP contribution in [0, 0.1) is 0 Å². The van der Waals surface area contributed by atoms with Gasteiger partial charge in [-0.1, -0.05) is 43.7 Å². The van der Waals surface area contributed by atoms with Gasteiger partial charge in [-0.3, -0.25) is 4.55 Å². The standard InChI is InChI=1S/C19H26O6SSi/c1-5-8-19(27(24-3)25-4)14-11-12-15(17(13-14)23-2)16-9-6-7-10-18(16)26(20,21)22/h6-7,9-13,19,27H,5,8H2,1-4H3,(H,20,21,22). The van der Waals surface area contributed by atoms with Gasteiger partial charge < -0.3 is 13.6 Å². The molecule has 2 aromatic carbocycles. The molecule has 0 aromatic heterocycles. The van der Waals surface area contributed by atoms with Crippen LogP contribution in [-0.2, 0) is 19.0 Å². The van der Waals surface area contributed by atoms with Crippen LogP contribution in [0.4, 0.5) is 0 Å². The topological polar surface area (TPSA) is 82.1 Å². The molecule has 0 aliphatic carbocycles. The summed E-state index contributed by atoms with van der Waals surface area (Å²) in [6, 6.07) is 12.0. The molecule has 0 saturated heterocycles. The van der Waals surface area contributed by atoms with Crippen LogP contribution in [-0.4, -0.2) is 43.6 Å². The van der Waals surface area contributed by atoms with Crippen LogP contribution in [0.15, 0.2) is 47.4 Å². The molecule has 2 rings (SSSR count). The van der Waals surface area contributed by atoms with E-state index in [4.69, 9.17) is 13.6 Å². The number of benzene rings is 2. The Morgan fingerprint density at radius 3 is 2.26 bits per heavy atom. The molecule has 0 aliphatic rings. The third kappa shape index (κ3) is 4.97. The first-order valence-corrected chi connectivity index (χ1v) is 11.7. The molecule has 0 amide bonds. The predicted molar refractivity (Wildman–Crippen MR) is 107 cm³/mol. The minimum atomic E-state index is -4.35. The van der Waals surface area contributed by atoms with E-state index in [2.05, 4.69) is 6.92 Å². The maximum atomic E-state index is 11.7. The lowest BCUT2D eigenvalue weighted by molar-refractivity contribution is 0.264. The van der Waals surface area contributed by atoms with Crippen molar-refractivity contribution >= 4 is 19.4 Å². The fourth-order valence-electron chi connectivity index (χ4n) is 3.27. The normalized spacial score (nSPS) is 13.0. The van der Waals surface area contributed by atoms with Gasteiger partial charge >= 0.3 is 9.28 Å². The van der Waals surface area contributed by atoms with Gasteiger partial charge in [-0.2, -0.15) is 8.42 Å². The monoisotopic (exact) mass is 410 g/mol. The summed E-state index contributed by atoms with van der Waals surface area (Å²) in [4.78, 5) is -0.151. The molecule has 1 N–H and O–H groups in total. The number of ether oxygens (including phenoxy) is 1. The quantitative estimate of drug-likeness (QED) is 0.503. The van der Waals surface area contributed by atoms with Gasteiger partial charge in [0.05, 0.1) is 7.11 Å². The highest BCUT2D eigenvalue weighted by Gasteiger charge is 2.27. The van der Waals surface area contributed by atoms with E-state index < -0.39 is 19.4 Å². The van der Waals surface area contributed by atoms with Crippen molar-refractivity contribution in [1.82, 2.24) is 0 Å². The van der Waals surface area contributed by atoms with Gasteiger partial charge in [-0.05, 0) is 24.1 Å². The Balaban J connectivity index is 2.58. The van der Waals surface area contributed by atoms with E-state index in [0.717, 1.165) is 18.4 Å². The Morgan fingerprint density at radius 2 is 1.70 bits per heavy atom. The first-order chi connectivity index (χ1) is 12.9. The molecule has 0 radical (unpaired) electrons. The molecule has 0 spiro atoms. The molecule has 2 aromatic rings. The lowest BCUT2D eigenvalue weighted by Gasteiger charge is -2.24. The average molecular weight is 411 g/mol. The molecule has 0 saturated carbocycles. The molecule has 148 valence electrons. The molecule has 8 heteroatoms. The molecule has 1 unspecified atom stereocenters. The van der Waals surface area contributed by atoms with Crippen molar-refractivity contribution in [2.45, 2.75) is 30.2 Å². The average Bonchev–Trinajstić information content (AvgIpc) is 2.67. The van der Waals surface area contributed by atoms with Crippen molar-refractivity contribution < 1.29 is 26.6 Å². The Morgan fingerprint density at radius 1 is 1.04 bits per heavy atom.